The standard InChI is InChI=1S/C10H18O/c1-9(2)7-5-4-6-8-10(3)11/h5,7,9H,4,6,8H2,1-3H3. The number of unbranched alkanes of at least 4 members (excludes halogenated alkanes) is 1. The molecule has 0 saturated heterocycles. The third-order valence-electron chi connectivity index (χ3n) is 1.42. The monoisotopic (exact) mass is 154 g/mol. The van der Waals surface area contributed by atoms with Gasteiger partial charge in [-0.25, -0.2) is 0 Å². The maximum absolute atomic E-state index is 10.5. The summed E-state index contributed by atoms with van der Waals surface area (Å²) in [5.74, 6) is 0.926. The molecular weight excluding hydrogens is 136 g/mol. The van der Waals surface area contributed by atoms with E-state index in [1.165, 1.54) is 0 Å². The Bertz CT molecular complexity index is 134. The second kappa shape index (κ2) is 6.14. The van der Waals surface area contributed by atoms with Gasteiger partial charge in [-0.15, -0.1) is 0 Å². The first-order chi connectivity index (χ1) is 5.13. The summed E-state index contributed by atoms with van der Waals surface area (Å²) in [6, 6.07) is 0. The highest BCUT2D eigenvalue weighted by Gasteiger charge is 1.90. The summed E-state index contributed by atoms with van der Waals surface area (Å²) >= 11 is 0. The molecule has 0 bridgehead atoms. The van der Waals surface area contributed by atoms with Crippen molar-refractivity contribution >= 4 is 5.78 Å². The number of rotatable bonds is 5. The van der Waals surface area contributed by atoms with Crippen LogP contribution >= 0.6 is 0 Å². The van der Waals surface area contributed by atoms with Crippen LogP contribution in [-0.4, -0.2) is 5.78 Å². The minimum Gasteiger partial charge on any atom is -0.300 e. The SMILES string of the molecule is CC(=O)CCCC=CC(C)C. The molecule has 0 unspecified atom stereocenters. The van der Waals surface area contributed by atoms with Gasteiger partial charge in [0.15, 0.2) is 0 Å². The summed E-state index contributed by atoms with van der Waals surface area (Å²) in [6.07, 6.45) is 7.10. The fourth-order valence-electron chi connectivity index (χ4n) is 0.837. The zero-order valence-electron chi connectivity index (χ0n) is 7.76. The van der Waals surface area contributed by atoms with E-state index < -0.39 is 0 Å². The highest BCUT2D eigenvalue weighted by Crippen LogP contribution is 2.00. The van der Waals surface area contributed by atoms with E-state index in [9.17, 15) is 4.79 Å². The Morgan fingerprint density at radius 2 is 2.09 bits per heavy atom. The van der Waals surface area contributed by atoms with E-state index in [1.54, 1.807) is 6.92 Å². The van der Waals surface area contributed by atoms with Gasteiger partial charge in [0, 0.05) is 6.42 Å². The lowest BCUT2D eigenvalue weighted by Crippen LogP contribution is -1.87. The van der Waals surface area contributed by atoms with Crippen molar-refractivity contribution in [2.24, 2.45) is 5.92 Å². The first kappa shape index (κ1) is 10.4. The van der Waals surface area contributed by atoms with Crippen molar-refractivity contribution in [3.8, 4) is 0 Å². The van der Waals surface area contributed by atoms with Crippen LogP contribution in [0.5, 0.6) is 0 Å². The van der Waals surface area contributed by atoms with Crippen LogP contribution in [0.15, 0.2) is 12.2 Å². The van der Waals surface area contributed by atoms with Crippen molar-refractivity contribution in [2.75, 3.05) is 0 Å². The predicted molar refractivity (Wildman–Crippen MR) is 48.5 cm³/mol. The van der Waals surface area contributed by atoms with E-state index in [-0.39, 0.29) is 0 Å². The van der Waals surface area contributed by atoms with Crippen LogP contribution in [0.3, 0.4) is 0 Å². The molecule has 0 aliphatic heterocycles. The average molecular weight is 154 g/mol. The minimum absolute atomic E-state index is 0.294. The molecule has 0 aliphatic carbocycles. The van der Waals surface area contributed by atoms with Crippen molar-refractivity contribution < 1.29 is 4.79 Å². The Morgan fingerprint density at radius 1 is 1.45 bits per heavy atom. The van der Waals surface area contributed by atoms with Crippen LogP contribution in [-0.2, 0) is 4.79 Å². The maximum Gasteiger partial charge on any atom is 0.129 e. The first-order valence-electron chi connectivity index (χ1n) is 4.29. The lowest BCUT2D eigenvalue weighted by Gasteiger charge is -1.94. The van der Waals surface area contributed by atoms with Gasteiger partial charge < -0.3 is 4.79 Å². The van der Waals surface area contributed by atoms with Gasteiger partial charge in [0.05, 0.1) is 0 Å². The van der Waals surface area contributed by atoms with Crippen molar-refractivity contribution in [1.82, 2.24) is 0 Å². The highest BCUT2D eigenvalue weighted by molar-refractivity contribution is 5.75. The summed E-state index contributed by atoms with van der Waals surface area (Å²) in [4.78, 5) is 10.5. The van der Waals surface area contributed by atoms with Gasteiger partial charge in [-0.3, -0.25) is 0 Å². The molecule has 1 heteroatoms. The number of Topliss-reactive ketones (excluding diaryl/α,β-unsaturated/α-hetero) is 1. The van der Waals surface area contributed by atoms with Crippen LogP contribution < -0.4 is 0 Å². The summed E-state index contributed by atoms with van der Waals surface area (Å²) in [6.45, 7) is 5.95. The Hall–Kier alpha value is -0.590. The molecule has 11 heavy (non-hydrogen) atoms. The average Bonchev–Trinajstić information content (AvgIpc) is 1.85. The Kier molecular flexibility index (Phi) is 5.81. The van der Waals surface area contributed by atoms with Gasteiger partial charge >= 0.3 is 0 Å². The van der Waals surface area contributed by atoms with Crippen LogP contribution in [0.2, 0.25) is 0 Å². The number of carbonyl (C=O) groups excluding carboxylic acids is 1. The molecule has 0 saturated carbocycles. The topological polar surface area (TPSA) is 17.1 Å². The summed E-state index contributed by atoms with van der Waals surface area (Å²) in [5, 5.41) is 0. The van der Waals surface area contributed by atoms with Gasteiger partial charge in [-0.05, 0) is 25.7 Å². The van der Waals surface area contributed by atoms with E-state index >= 15 is 0 Å². The second-order valence-electron chi connectivity index (χ2n) is 3.27. The molecule has 0 heterocycles. The molecule has 0 aromatic heterocycles. The molecule has 1 nitrogen and oxygen atoms in total. The summed E-state index contributed by atoms with van der Waals surface area (Å²) < 4.78 is 0. The molecule has 0 spiro atoms. The molecule has 0 atom stereocenters. The zero-order valence-corrected chi connectivity index (χ0v) is 7.76. The van der Waals surface area contributed by atoms with Crippen LogP contribution in [0, 0.1) is 5.92 Å². The lowest BCUT2D eigenvalue weighted by molar-refractivity contribution is -0.117. The van der Waals surface area contributed by atoms with Crippen LogP contribution in [0.25, 0.3) is 0 Å². The van der Waals surface area contributed by atoms with Gasteiger partial charge in [0.2, 0.25) is 0 Å². The largest absolute Gasteiger partial charge is 0.300 e. The number of carbonyl (C=O) groups is 1. The molecular formula is C10H18O. The zero-order chi connectivity index (χ0) is 8.69. The molecule has 0 fully saturated rings. The second-order valence-corrected chi connectivity index (χ2v) is 3.27. The molecule has 0 N–H and O–H groups in total. The fourth-order valence-corrected chi connectivity index (χ4v) is 0.837. The Balaban J connectivity index is 3.20. The highest BCUT2D eigenvalue weighted by atomic mass is 16.1. The van der Waals surface area contributed by atoms with Gasteiger partial charge in [0.1, 0.15) is 5.78 Å². The van der Waals surface area contributed by atoms with Gasteiger partial charge in [0.25, 0.3) is 0 Å². The third kappa shape index (κ3) is 9.41. The number of hydrogen-bond acceptors (Lipinski definition) is 1. The lowest BCUT2D eigenvalue weighted by atomic mass is 10.1. The van der Waals surface area contributed by atoms with E-state index in [0.717, 1.165) is 19.3 Å². The van der Waals surface area contributed by atoms with E-state index in [2.05, 4.69) is 26.0 Å². The molecule has 64 valence electrons. The van der Waals surface area contributed by atoms with Crippen molar-refractivity contribution in [2.45, 2.75) is 40.0 Å². The molecule has 0 rings (SSSR count). The number of hydrogen-bond donors (Lipinski definition) is 0. The van der Waals surface area contributed by atoms with E-state index in [1.807, 2.05) is 0 Å². The molecule has 0 radical (unpaired) electrons. The number of ketones is 1. The predicted octanol–water partition coefficient (Wildman–Crippen LogP) is 2.96. The quantitative estimate of drug-likeness (QED) is 0.439. The van der Waals surface area contributed by atoms with Crippen LogP contribution in [0.1, 0.15) is 40.0 Å². The van der Waals surface area contributed by atoms with Crippen molar-refractivity contribution in [3.05, 3.63) is 12.2 Å². The molecule has 0 aromatic rings. The van der Waals surface area contributed by atoms with E-state index in [4.69, 9.17) is 0 Å². The fraction of sp³-hybridized carbons (Fsp3) is 0.700. The normalized spacial score (nSPS) is 11.3. The molecule has 0 aromatic carbocycles. The summed E-state index contributed by atoms with van der Waals surface area (Å²) in [7, 11) is 0. The van der Waals surface area contributed by atoms with Crippen molar-refractivity contribution in [1.29, 1.82) is 0 Å². The van der Waals surface area contributed by atoms with E-state index in [0.29, 0.717) is 11.7 Å². The van der Waals surface area contributed by atoms with Crippen LogP contribution in [0.4, 0.5) is 0 Å². The van der Waals surface area contributed by atoms with Gasteiger partial charge in [-0.2, -0.15) is 0 Å². The first-order valence-corrected chi connectivity index (χ1v) is 4.29. The van der Waals surface area contributed by atoms with Gasteiger partial charge in [-0.1, -0.05) is 26.0 Å². The Morgan fingerprint density at radius 3 is 2.55 bits per heavy atom. The molecule has 0 amide bonds. The number of allylic oxidation sites excluding steroid dienone is 2. The Labute approximate surface area is 69.5 Å². The third-order valence-corrected chi connectivity index (χ3v) is 1.42. The van der Waals surface area contributed by atoms with Crippen molar-refractivity contribution in [3.63, 3.8) is 0 Å². The smallest absolute Gasteiger partial charge is 0.129 e. The molecule has 0 aliphatic rings. The minimum atomic E-state index is 0.294. The summed E-state index contributed by atoms with van der Waals surface area (Å²) in [5.41, 5.74) is 0. The maximum atomic E-state index is 10.5.